The van der Waals surface area contributed by atoms with Gasteiger partial charge in [0.05, 0.1) is 19.1 Å². The Morgan fingerprint density at radius 2 is 2.13 bits per heavy atom. The van der Waals surface area contributed by atoms with Gasteiger partial charge in [0, 0.05) is 12.3 Å². The lowest BCUT2D eigenvalue weighted by molar-refractivity contribution is -0.148. The third kappa shape index (κ3) is 4.89. The number of para-hydroxylation sites is 1. The molecule has 1 aliphatic rings. The average Bonchev–Trinajstić information content (AvgIpc) is 3.02. The largest absolute Gasteiger partial charge is 0.496 e. The minimum Gasteiger partial charge on any atom is -0.496 e. The minimum absolute atomic E-state index is 0.113. The molecule has 1 unspecified atom stereocenters. The second-order valence-electron chi connectivity index (χ2n) is 5.24. The van der Waals surface area contributed by atoms with E-state index < -0.39 is 5.97 Å². The van der Waals surface area contributed by atoms with Gasteiger partial charge in [0.2, 0.25) is 5.91 Å². The summed E-state index contributed by atoms with van der Waals surface area (Å²) in [5.41, 5.74) is 1.14. The maximum Gasteiger partial charge on any atom is 0.315 e. The van der Waals surface area contributed by atoms with Crippen molar-refractivity contribution < 1.29 is 19.1 Å². The van der Waals surface area contributed by atoms with Gasteiger partial charge in [-0.15, -0.1) is 11.8 Å². The maximum absolute atomic E-state index is 12.3. The molecular formula is C17H23NO4S. The fraction of sp³-hybridized carbons (Fsp3) is 0.529. The topological polar surface area (TPSA) is 55.8 Å². The third-order valence-electron chi connectivity index (χ3n) is 3.76. The maximum atomic E-state index is 12.3. The molecule has 1 aromatic rings. The van der Waals surface area contributed by atoms with E-state index >= 15 is 0 Å². The van der Waals surface area contributed by atoms with E-state index in [0.717, 1.165) is 29.9 Å². The molecule has 0 aromatic heterocycles. The molecule has 0 saturated carbocycles. The van der Waals surface area contributed by atoms with E-state index in [2.05, 4.69) is 0 Å². The Bertz CT molecular complexity index is 549. The van der Waals surface area contributed by atoms with Crippen LogP contribution in [0.1, 0.15) is 25.3 Å². The summed E-state index contributed by atoms with van der Waals surface area (Å²) < 4.78 is 10.2. The summed E-state index contributed by atoms with van der Waals surface area (Å²) in [4.78, 5) is 25.6. The number of hydrogen-bond donors (Lipinski definition) is 0. The van der Waals surface area contributed by atoms with E-state index in [4.69, 9.17) is 9.47 Å². The van der Waals surface area contributed by atoms with Gasteiger partial charge in [-0.05, 0) is 31.4 Å². The van der Waals surface area contributed by atoms with E-state index in [1.165, 1.54) is 0 Å². The highest BCUT2D eigenvalue weighted by atomic mass is 32.2. The molecule has 1 aromatic carbocycles. The summed E-state index contributed by atoms with van der Waals surface area (Å²) in [7, 11) is 1.67. The van der Waals surface area contributed by atoms with Crippen LogP contribution >= 0.6 is 11.8 Å². The predicted octanol–water partition coefficient (Wildman–Crippen LogP) is 2.48. The van der Waals surface area contributed by atoms with Crippen LogP contribution in [0.15, 0.2) is 24.3 Å². The monoisotopic (exact) mass is 337 g/mol. The van der Waals surface area contributed by atoms with Gasteiger partial charge in [-0.3, -0.25) is 9.59 Å². The van der Waals surface area contributed by atoms with Crippen LogP contribution in [-0.4, -0.2) is 48.2 Å². The second kappa shape index (κ2) is 8.82. The third-order valence-corrected chi connectivity index (χ3v) is 5.06. The zero-order chi connectivity index (χ0) is 16.7. The molecule has 1 aliphatic heterocycles. The van der Waals surface area contributed by atoms with Crippen molar-refractivity contribution in [3.63, 3.8) is 0 Å². The molecule has 6 heteroatoms. The number of ether oxygens (including phenoxy) is 2. The smallest absolute Gasteiger partial charge is 0.315 e. The highest BCUT2D eigenvalue weighted by molar-refractivity contribution is 8.00. The number of aryl methyl sites for hydroxylation is 1. The van der Waals surface area contributed by atoms with E-state index in [0.29, 0.717) is 13.2 Å². The van der Waals surface area contributed by atoms with Crippen molar-refractivity contribution in [2.45, 2.75) is 31.6 Å². The molecule has 0 bridgehead atoms. The lowest BCUT2D eigenvalue weighted by atomic mass is 10.1. The van der Waals surface area contributed by atoms with Crippen molar-refractivity contribution in [1.29, 1.82) is 0 Å². The Balaban J connectivity index is 1.91. The van der Waals surface area contributed by atoms with Crippen molar-refractivity contribution in [1.82, 2.24) is 4.90 Å². The highest BCUT2D eigenvalue weighted by Gasteiger charge is 2.30. The lowest BCUT2D eigenvalue weighted by Crippen LogP contribution is -2.36. The number of rotatable bonds is 7. The number of carbonyl (C=O) groups is 2. The first-order valence-electron chi connectivity index (χ1n) is 7.84. The Hall–Kier alpha value is -1.69. The molecule has 1 saturated heterocycles. The van der Waals surface area contributed by atoms with Crippen LogP contribution in [0.4, 0.5) is 0 Å². The van der Waals surface area contributed by atoms with E-state index in [-0.39, 0.29) is 17.7 Å². The highest BCUT2D eigenvalue weighted by Crippen LogP contribution is 2.29. The van der Waals surface area contributed by atoms with Gasteiger partial charge in [0.25, 0.3) is 0 Å². The van der Waals surface area contributed by atoms with E-state index in [1.54, 1.807) is 30.7 Å². The van der Waals surface area contributed by atoms with Crippen molar-refractivity contribution in [2.75, 3.05) is 26.0 Å². The molecule has 2 rings (SSSR count). The van der Waals surface area contributed by atoms with Gasteiger partial charge < -0.3 is 14.4 Å². The Kier molecular flexibility index (Phi) is 6.77. The van der Waals surface area contributed by atoms with E-state index in [9.17, 15) is 9.59 Å². The number of esters is 1. The average molecular weight is 337 g/mol. The Labute approximate surface area is 141 Å². The molecule has 1 atom stereocenters. The van der Waals surface area contributed by atoms with Gasteiger partial charge in [-0.2, -0.15) is 0 Å². The Morgan fingerprint density at radius 1 is 1.35 bits per heavy atom. The summed E-state index contributed by atoms with van der Waals surface area (Å²) in [6, 6.07) is 7.93. The first kappa shape index (κ1) is 17.7. The molecule has 5 nitrogen and oxygen atoms in total. The molecule has 0 radical (unpaired) electrons. The first-order chi connectivity index (χ1) is 11.2. The molecule has 23 heavy (non-hydrogen) atoms. The second-order valence-corrected chi connectivity index (χ2v) is 6.53. The van der Waals surface area contributed by atoms with Crippen LogP contribution < -0.4 is 4.74 Å². The molecule has 1 fully saturated rings. The number of hydrogen-bond acceptors (Lipinski definition) is 5. The Morgan fingerprint density at radius 3 is 2.87 bits per heavy atom. The molecular weight excluding hydrogens is 314 g/mol. The molecule has 1 heterocycles. The van der Waals surface area contributed by atoms with Gasteiger partial charge in [-0.1, -0.05) is 18.2 Å². The summed E-state index contributed by atoms with van der Waals surface area (Å²) in [5, 5.41) is 0.113. The summed E-state index contributed by atoms with van der Waals surface area (Å²) in [6.07, 6.45) is 1.52. The van der Waals surface area contributed by atoms with Crippen LogP contribution in [0.2, 0.25) is 0 Å². The number of thioether (sulfide) groups is 1. The summed E-state index contributed by atoms with van der Waals surface area (Å²) in [6.45, 7) is 2.74. The van der Waals surface area contributed by atoms with Crippen molar-refractivity contribution in [3.05, 3.63) is 29.8 Å². The molecule has 0 spiro atoms. The van der Waals surface area contributed by atoms with Gasteiger partial charge in [0.1, 0.15) is 12.2 Å². The standard InChI is InChI=1S/C17H23NO4S/c1-3-22-17(20)12-15(19)18-10-11-23-16(18)9-8-13-6-4-5-7-14(13)21-2/h4-7,16H,3,8-12H2,1-2H3. The number of methoxy groups -OCH3 is 1. The SMILES string of the molecule is CCOC(=O)CC(=O)N1CCSC1CCc1ccccc1OC. The minimum atomic E-state index is -0.446. The van der Waals surface area contributed by atoms with Crippen LogP contribution in [0.5, 0.6) is 5.75 Å². The van der Waals surface area contributed by atoms with Crippen LogP contribution in [0.3, 0.4) is 0 Å². The van der Waals surface area contributed by atoms with E-state index in [1.807, 2.05) is 24.3 Å². The number of carbonyl (C=O) groups excluding carboxylic acids is 2. The fourth-order valence-corrected chi connectivity index (χ4v) is 3.93. The quantitative estimate of drug-likeness (QED) is 0.565. The van der Waals surface area contributed by atoms with Gasteiger partial charge in [-0.25, -0.2) is 0 Å². The van der Waals surface area contributed by atoms with Gasteiger partial charge >= 0.3 is 5.97 Å². The normalized spacial score (nSPS) is 17.1. The fourth-order valence-electron chi connectivity index (χ4n) is 2.67. The summed E-state index contributed by atoms with van der Waals surface area (Å²) >= 11 is 1.76. The molecule has 0 aliphatic carbocycles. The van der Waals surface area contributed by atoms with Crippen LogP contribution in [0.25, 0.3) is 0 Å². The molecule has 126 valence electrons. The zero-order valence-electron chi connectivity index (χ0n) is 13.6. The molecule has 1 amide bonds. The predicted molar refractivity (Wildman–Crippen MR) is 90.5 cm³/mol. The van der Waals surface area contributed by atoms with Crippen LogP contribution in [-0.2, 0) is 20.7 Å². The van der Waals surface area contributed by atoms with Crippen molar-refractivity contribution in [3.8, 4) is 5.75 Å². The van der Waals surface area contributed by atoms with Gasteiger partial charge in [0.15, 0.2) is 0 Å². The summed E-state index contributed by atoms with van der Waals surface area (Å²) in [5.74, 6) is 1.20. The number of nitrogens with zero attached hydrogens (tertiary/aromatic N) is 1. The number of benzene rings is 1. The van der Waals surface area contributed by atoms with Crippen LogP contribution in [0, 0.1) is 0 Å². The zero-order valence-corrected chi connectivity index (χ0v) is 14.4. The van der Waals surface area contributed by atoms with Crippen molar-refractivity contribution >= 4 is 23.6 Å². The molecule has 0 N–H and O–H groups in total. The number of amides is 1. The lowest BCUT2D eigenvalue weighted by Gasteiger charge is -2.23. The first-order valence-corrected chi connectivity index (χ1v) is 8.89. The van der Waals surface area contributed by atoms with Crippen molar-refractivity contribution in [2.24, 2.45) is 0 Å².